The number of phosphoric acid groups is 3. The summed E-state index contributed by atoms with van der Waals surface area (Å²) in [5, 5.41) is 21.4. The van der Waals surface area contributed by atoms with Gasteiger partial charge in [0.1, 0.15) is 36.1 Å². The molecule has 18 nitrogen and oxygen atoms in total. The van der Waals surface area contributed by atoms with Crippen molar-refractivity contribution in [2.45, 2.75) is 24.5 Å². The average Bonchev–Trinajstić information content (AvgIpc) is 3.44. The number of anilines is 1. The fourth-order valence-electron chi connectivity index (χ4n) is 3.51. The first-order chi connectivity index (χ1) is 16.7. The number of hydrogen-bond acceptors (Lipinski definition) is 13. The van der Waals surface area contributed by atoms with Crippen LogP contribution < -0.4 is 35.3 Å². The van der Waals surface area contributed by atoms with Crippen LogP contribution >= 0.6 is 23.5 Å². The van der Waals surface area contributed by atoms with Crippen LogP contribution in [0.5, 0.6) is 0 Å². The molecule has 4 heterocycles. The van der Waals surface area contributed by atoms with Gasteiger partial charge in [0, 0.05) is 17.3 Å². The summed E-state index contributed by atoms with van der Waals surface area (Å²) in [6.45, 7) is -0.969. The number of aliphatic hydroxyl groups is 2. The third-order valence-corrected chi connectivity index (χ3v) is 8.70. The number of nitrogen functional groups attached to an aromatic ring is 1. The summed E-state index contributed by atoms with van der Waals surface area (Å²) >= 11 is 0. The molecule has 2 unspecified atom stereocenters. The maximum atomic E-state index is 12.0. The minimum Gasteiger partial charge on any atom is -0.472 e. The predicted octanol–water partition coefficient (Wildman–Crippen LogP) is -2.76. The summed E-state index contributed by atoms with van der Waals surface area (Å²) in [7, 11) is -16.8. The number of aliphatic hydroxyl groups excluding tert-OH is 2. The van der Waals surface area contributed by atoms with E-state index in [0.29, 0.717) is 16.5 Å². The zero-order chi connectivity index (χ0) is 26.5. The molecular weight excluding hydrogens is 576 g/mol. The number of nitrogens with two attached hydrogens (primary N) is 1. The predicted molar refractivity (Wildman–Crippen MR) is 115 cm³/mol. The Hall–Kier alpha value is -1.01. The quantitative estimate of drug-likeness (QED) is 0.0974. The number of aromatic nitrogens is 3. The smallest absolute Gasteiger partial charge is 0.472 e. The van der Waals surface area contributed by atoms with Gasteiger partial charge in [-0.2, -0.15) is 8.62 Å². The molecule has 0 spiro atoms. The molecule has 0 bridgehead atoms. The van der Waals surface area contributed by atoms with E-state index >= 15 is 0 Å². The summed E-state index contributed by atoms with van der Waals surface area (Å²) in [4.78, 5) is 44.1. The van der Waals surface area contributed by atoms with Gasteiger partial charge in [-0.25, -0.2) is 23.7 Å². The monoisotopic (exact) mass is 595 g/mol. The summed E-state index contributed by atoms with van der Waals surface area (Å²) in [6, 6.07) is 1.64. The van der Waals surface area contributed by atoms with Crippen LogP contribution in [0.15, 0.2) is 35.5 Å². The fourth-order valence-corrected chi connectivity index (χ4v) is 6.54. The number of rotatable bonds is 9. The largest absolute Gasteiger partial charge is 1.00 e. The molecule has 0 saturated carbocycles. The first-order valence-electron chi connectivity index (χ1n) is 9.61. The third kappa shape index (κ3) is 6.96. The van der Waals surface area contributed by atoms with Crippen LogP contribution in [0.25, 0.3) is 22.2 Å². The molecule has 1 aliphatic heterocycles. The Bertz CT molecular complexity index is 1400. The number of fused-ring (bicyclic) bond motifs is 1. The third-order valence-electron chi connectivity index (χ3n) is 4.90. The van der Waals surface area contributed by atoms with Crippen LogP contribution in [-0.4, -0.2) is 69.2 Å². The van der Waals surface area contributed by atoms with Crippen LogP contribution in [0.1, 0.15) is 6.23 Å². The van der Waals surface area contributed by atoms with E-state index in [2.05, 4.69) is 23.1 Å². The Labute approximate surface area is 228 Å². The van der Waals surface area contributed by atoms with Crippen molar-refractivity contribution in [3.8, 4) is 11.1 Å². The van der Waals surface area contributed by atoms with Crippen LogP contribution in [-0.2, 0) is 31.6 Å². The van der Waals surface area contributed by atoms with E-state index in [1.54, 1.807) is 6.07 Å². The summed E-state index contributed by atoms with van der Waals surface area (Å²) in [5.41, 5.74) is 7.33. The first kappa shape index (κ1) is 30.5. The van der Waals surface area contributed by atoms with Crippen LogP contribution in [0.4, 0.5) is 5.82 Å². The van der Waals surface area contributed by atoms with Crippen molar-refractivity contribution in [2.24, 2.45) is 0 Å². The van der Waals surface area contributed by atoms with Crippen molar-refractivity contribution in [1.82, 2.24) is 14.5 Å². The van der Waals surface area contributed by atoms with Gasteiger partial charge in [-0.1, -0.05) is 0 Å². The zero-order valence-electron chi connectivity index (χ0n) is 18.6. The Kier molecular flexibility index (Phi) is 9.27. The van der Waals surface area contributed by atoms with Gasteiger partial charge in [-0.3, -0.25) is 4.52 Å². The van der Waals surface area contributed by atoms with E-state index in [1.807, 2.05) is 0 Å². The topological polar surface area (TPSA) is 279 Å². The molecule has 4 rings (SSSR count). The van der Waals surface area contributed by atoms with Crippen LogP contribution in [0.3, 0.4) is 0 Å². The SMILES string of the molecule is Nc1ncnc2c1c(-c1ccoc1)cn2[C@@H]1O[C@H](COP(=O)(O)OP(=O)(O)OP(=O)(O)O)[C@@H](O)[C@H]1O.[Na+]. The van der Waals surface area contributed by atoms with Gasteiger partial charge in [0.2, 0.25) is 0 Å². The summed E-state index contributed by atoms with van der Waals surface area (Å²) in [6.07, 6.45) is -0.598. The standard InChI is InChI=1S/C15H19N4O14P3.Na/c16-13-10-8(7-1-2-29-4-7)3-19(14(10)18-6-17-13)15-12(21)11(20)9(31-15)5-30-35(25,26)33-36(27,28)32-34(22,23)24;/h1-4,6,9,11-12,15,20-21H,5H2,(H,25,26)(H,27,28)(H2,16,17,18)(H2,22,23,24);/q;+1/t9-,11-,12-,15-;/m1./s1. The Balaban J connectivity index is 0.00000380. The summed E-state index contributed by atoms with van der Waals surface area (Å²) in [5.74, 6) is 0.104. The van der Waals surface area contributed by atoms with E-state index in [0.717, 1.165) is 6.33 Å². The maximum absolute atomic E-state index is 12.0. The first-order valence-corrected chi connectivity index (χ1v) is 14.1. The minimum atomic E-state index is -5.73. The summed E-state index contributed by atoms with van der Waals surface area (Å²) < 4.78 is 57.9. The van der Waals surface area contributed by atoms with Gasteiger partial charge in [0.25, 0.3) is 0 Å². The molecule has 22 heteroatoms. The Morgan fingerprint density at radius 1 is 1.05 bits per heavy atom. The minimum absolute atomic E-state index is 0. The molecular formula is C15H19N4NaO14P3+. The number of nitrogens with zero attached hydrogens (tertiary/aromatic N) is 3. The van der Waals surface area contributed by atoms with Gasteiger partial charge < -0.3 is 49.2 Å². The molecule has 3 aromatic rings. The maximum Gasteiger partial charge on any atom is 1.00 e. The molecule has 1 aliphatic rings. The van der Waals surface area contributed by atoms with Crippen molar-refractivity contribution in [2.75, 3.05) is 12.3 Å². The van der Waals surface area contributed by atoms with E-state index in [9.17, 15) is 33.7 Å². The van der Waals surface area contributed by atoms with E-state index < -0.39 is 54.6 Å². The van der Waals surface area contributed by atoms with Crippen molar-refractivity contribution in [1.29, 1.82) is 0 Å². The number of phosphoric ester groups is 1. The molecule has 198 valence electrons. The van der Waals surface area contributed by atoms with Crippen molar-refractivity contribution < 1.29 is 95.3 Å². The molecule has 0 aromatic carbocycles. The van der Waals surface area contributed by atoms with E-state index in [1.165, 1.54) is 23.3 Å². The van der Waals surface area contributed by atoms with Gasteiger partial charge >= 0.3 is 53.0 Å². The second kappa shape index (κ2) is 11.2. The molecule has 0 amide bonds. The van der Waals surface area contributed by atoms with Gasteiger partial charge in [-0.05, 0) is 6.07 Å². The fraction of sp³-hybridized carbons (Fsp3) is 0.333. The molecule has 37 heavy (non-hydrogen) atoms. The zero-order valence-corrected chi connectivity index (χ0v) is 23.3. The molecule has 8 N–H and O–H groups in total. The number of ether oxygens (including phenoxy) is 1. The second-order valence-electron chi connectivity index (χ2n) is 7.35. The van der Waals surface area contributed by atoms with Crippen molar-refractivity contribution >= 4 is 40.3 Å². The van der Waals surface area contributed by atoms with Gasteiger partial charge in [0.15, 0.2) is 6.23 Å². The Morgan fingerprint density at radius 3 is 2.38 bits per heavy atom. The van der Waals surface area contributed by atoms with E-state index in [4.69, 9.17) is 24.7 Å². The number of furan rings is 1. The van der Waals surface area contributed by atoms with E-state index in [-0.39, 0.29) is 41.0 Å². The van der Waals surface area contributed by atoms with Gasteiger partial charge in [0.05, 0.1) is 24.5 Å². The molecule has 3 aromatic heterocycles. The van der Waals surface area contributed by atoms with Gasteiger partial charge in [-0.15, -0.1) is 0 Å². The van der Waals surface area contributed by atoms with Crippen LogP contribution in [0.2, 0.25) is 0 Å². The molecule has 6 atom stereocenters. The second-order valence-corrected chi connectivity index (χ2v) is 11.8. The molecule has 1 saturated heterocycles. The normalized spacial score (nSPS) is 25.5. The Morgan fingerprint density at radius 2 is 1.76 bits per heavy atom. The van der Waals surface area contributed by atoms with Crippen LogP contribution in [0, 0.1) is 0 Å². The molecule has 1 fully saturated rings. The average molecular weight is 595 g/mol. The molecule has 0 radical (unpaired) electrons. The molecule has 0 aliphatic carbocycles. The van der Waals surface area contributed by atoms with Crippen molar-refractivity contribution in [3.63, 3.8) is 0 Å². The van der Waals surface area contributed by atoms with Crippen molar-refractivity contribution in [3.05, 3.63) is 31.1 Å². The number of hydrogen-bond donors (Lipinski definition) is 7.